The summed E-state index contributed by atoms with van der Waals surface area (Å²) in [5.74, 6) is 0. The Morgan fingerprint density at radius 1 is 0.812 bits per heavy atom. The van der Waals surface area contributed by atoms with Gasteiger partial charge in [0, 0.05) is 43.2 Å². The van der Waals surface area contributed by atoms with Gasteiger partial charge < -0.3 is 15.1 Å². The number of aryl methyl sites for hydroxylation is 2. The van der Waals surface area contributed by atoms with E-state index in [4.69, 9.17) is 0 Å². The molecule has 0 radical (unpaired) electrons. The summed E-state index contributed by atoms with van der Waals surface area (Å²) in [6.45, 7) is 13.4. The Morgan fingerprint density at radius 2 is 1.56 bits per heavy atom. The molecule has 0 bridgehead atoms. The van der Waals surface area contributed by atoms with Crippen LogP contribution in [0.4, 0.5) is 17.1 Å². The van der Waals surface area contributed by atoms with E-state index in [-0.39, 0.29) is 5.41 Å². The van der Waals surface area contributed by atoms with Gasteiger partial charge in [-0.1, -0.05) is 61.9 Å². The lowest BCUT2D eigenvalue weighted by atomic mass is 9.73. The molecule has 1 N–H and O–H groups in total. The topological polar surface area (TPSA) is 18.5 Å². The highest BCUT2D eigenvalue weighted by Gasteiger charge is 2.36. The first-order valence-corrected chi connectivity index (χ1v) is 11.9. The van der Waals surface area contributed by atoms with Gasteiger partial charge in [-0.15, -0.1) is 0 Å². The zero-order valence-electron chi connectivity index (χ0n) is 19.9. The second kappa shape index (κ2) is 8.20. The second-order valence-corrected chi connectivity index (χ2v) is 10.3. The van der Waals surface area contributed by atoms with Crippen LogP contribution in [0.1, 0.15) is 42.1 Å². The zero-order chi connectivity index (χ0) is 22.3. The number of hydrogen-bond donors (Lipinski definition) is 1. The number of fused-ring (bicyclic) bond motifs is 1. The molecule has 2 aliphatic rings. The Kier molecular flexibility index (Phi) is 5.36. The van der Waals surface area contributed by atoms with Crippen molar-refractivity contribution in [1.82, 2.24) is 0 Å². The van der Waals surface area contributed by atoms with Gasteiger partial charge in [0.15, 0.2) is 0 Å². The quantitative estimate of drug-likeness (QED) is 0.526. The first kappa shape index (κ1) is 20.9. The summed E-state index contributed by atoms with van der Waals surface area (Å²) < 4.78 is 0. The monoisotopic (exact) mass is 425 g/mol. The van der Waals surface area contributed by atoms with Gasteiger partial charge >= 0.3 is 0 Å². The molecule has 1 atom stereocenters. The SMILES string of the molecule is Cc1ccc(N2CCN(c3cccc(C4Nc5ccccc5CC4(C)C)c3)CC2)c(C)c1. The van der Waals surface area contributed by atoms with E-state index in [0.717, 1.165) is 32.6 Å². The fourth-order valence-corrected chi connectivity index (χ4v) is 5.56. The molecule has 166 valence electrons. The molecule has 2 aliphatic heterocycles. The third kappa shape index (κ3) is 3.97. The van der Waals surface area contributed by atoms with Crippen LogP contribution < -0.4 is 15.1 Å². The van der Waals surface area contributed by atoms with Gasteiger partial charge in [0.1, 0.15) is 0 Å². The highest BCUT2D eigenvalue weighted by Crippen LogP contribution is 2.45. The molecule has 3 heteroatoms. The lowest BCUT2D eigenvalue weighted by Gasteiger charge is -2.42. The molecular formula is C29H35N3. The van der Waals surface area contributed by atoms with Crippen LogP contribution in [0.25, 0.3) is 0 Å². The van der Waals surface area contributed by atoms with Crippen molar-refractivity contribution in [3.8, 4) is 0 Å². The molecule has 5 rings (SSSR count). The van der Waals surface area contributed by atoms with Crippen molar-refractivity contribution in [2.75, 3.05) is 41.3 Å². The summed E-state index contributed by atoms with van der Waals surface area (Å²) >= 11 is 0. The van der Waals surface area contributed by atoms with E-state index < -0.39 is 0 Å². The van der Waals surface area contributed by atoms with Crippen molar-refractivity contribution in [3.63, 3.8) is 0 Å². The number of nitrogens with zero attached hydrogens (tertiary/aromatic N) is 2. The standard InChI is InChI=1S/C29H35N3/c1-21-12-13-27(22(2)18-21)32-16-14-31(15-17-32)25-10-7-9-23(19-25)28-29(3,4)20-24-8-5-6-11-26(24)30-28/h5-13,18-19,28,30H,14-17,20H2,1-4H3. The van der Waals surface area contributed by atoms with Crippen molar-refractivity contribution < 1.29 is 0 Å². The number of piperazine rings is 1. The van der Waals surface area contributed by atoms with Crippen molar-refractivity contribution in [2.45, 2.75) is 40.2 Å². The minimum absolute atomic E-state index is 0.161. The Hall–Kier alpha value is -2.94. The summed E-state index contributed by atoms with van der Waals surface area (Å²) in [6.07, 6.45) is 1.10. The molecule has 0 amide bonds. The minimum Gasteiger partial charge on any atom is -0.377 e. The van der Waals surface area contributed by atoms with Crippen molar-refractivity contribution in [1.29, 1.82) is 0 Å². The molecule has 2 heterocycles. The third-order valence-corrected chi connectivity index (χ3v) is 7.29. The van der Waals surface area contributed by atoms with Gasteiger partial charge in [0.2, 0.25) is 0 Å². The highest BCUT2D eigenvalue weighted by atomic mass is 15.3. The van der Waals surface area contributed by atoms with Crippen LogP contribution in [0.3, 0.4) is 0 Å². The Balaban J connectivity index is 1.33. The lowest BCUT2D eigenvalue weighted by Crippen LogP contribution is -2.46. The number of nitrogens with one attached hydrogen (secondary N) is 1. The van der Waals surface area contributed by atoms with E-state index in [0.29, 0.717) is 6.04 Å². The van der Waals surface area contributed by atoms with E-state index in [2.05, 4.69) is 110 Å². The normalized spacial score (nSPS) is 19.9. The molecule has 0 aromatic heterocycles. The molecule has 0 spiro atoms. The van der Waals surface area contributed by atoms with Crippen molar-refractivity contribution in [3.05, 3.63) is 89.0 Å². The van der Waals surface area contributed by atoms with Crippen LogP contribution in [0, 0.1) is 19.3 Å². The Bertz CT molecular complexity index is 1110. The number of rotatable bonds is 3. The van der Waals surface area contributed by atoms with E-state index in [1.807, 2.05) is 0 Å². The number of benzene rings is 3. The predicted molar refractivity (Wildman–Crippen MR) is 137 cm³/mol. The Morgan fingerprint density at radius 3 is 2.34 bits per heavy atom. The molecule has 3 aromatic rings. The van der Waals surface area contributed by atoms with E-state index in [1.54, 1.807) is 0 Å². The summed E-state index contributed by atoms with van der Waals surface area (Å²) in [5, 5.41) is 3.85. The van der Waals surface area contributed by atoms with Crippen LogP contribution in [-0.4, -0.2) is 26.2 Å². The molecular weight excluding hydrogens is 390 g/mol. The molecule has 1 fully saturated rings. The van der Waals surface area contributed by atoms with Gasteiger partial charge in [0.05, 0.1) is 6.04 Å². The van der Waals surface area contributed by atoms with Crippen LogP contribution in [0.5, 0.6) is 0 Å². The van der Waals surface area contributed by atoms with Crippen LogP contribution in [0.2, 0.25) is 0 Å². The average molecular weight is 426 g/mol. The fraction of sp³-hybridized carbons (Fsp3) is 0.379. The molecule has 1 saturated heterocycles. The van der Waals surface area contributed by atoms with Crippen molar-refractivity contribution in [2.24, 2.45) is 5.41 Å². The second-order valence-electron chi connectivity index (χ2n) is 10.3. The van der Waals surface area contributed by atoms with E-state index in [9.17, 15) is 0 Å². The summed E-state index contributed by atoms with van der Waals surface area (Å²) in [6, 6.07) is 25.1. The molecule has 0 saturated carbocycles. The number of hydrogen-bond acceptors (Lipinski definition) is 3. The smallest absolute Gasteiger partial charge is 0.0568 e. The molecule has 3 aromatic carbocycles. The predicted octanol–water partition coefficient (Wildman–Crippen LogP) is 6.37. The van der Waals surface area contributed by atoms with Gasteiger partial charge in [-0.3, -0.25) is 0 Å². The molecule has 1 unspecified atom stereocenters. The minimum atomic E-state index is 0.161. The lowest BCUT2D eigenvalue weighted by molar-refractivity contribution is 0.295. The summed E-state index contributed by atoms with van der Waals surface area (Å²) in [4.78, 5) is 5.09. The maximum Gasteiger partial charge on any atom is 0.0568 e. The van der Waals surface area contributed by atoms with Crippen LogP contribution in [-0.2, 0) is 6.42 Å². The fourth-order valence-electron chi connectivity index (χ4n) is 5.56. The van der Waals surface area contributed by atoms with Gasteiger partial charge in [-0.2, -0.15) is 0 Å². The van der Waals surface area contributed by atoms with Gasteiger partial charge in [-0.25, -0.2) is 0 Å². The molecule has 3 nitrogen and oxygen atoms in total. The van der Waals surface area contributed by atoms with Crippen LogP contribution >= 0.6 is 0 Å². The zero-order valence-corrected chi connectivity index (χ0v) is 19.9. The number of para-hydroxylation sites is 1. The third-order valence-electron chi connectivity index (χ3n) is 7.29. The molecule has 0 aliphatic carbocycles. The van der Waals surface area contributed by atoms with Crippen molar-refractivity contribution >= 4 is 17.1 Å². The highest BCUT2D eigenvalue weighted by molar-refractivity contribution is 5.59. The van der Waals surface area contributed by atoms with E-state index in [1.165, 1.54) is 39.3 Å². The average Bonchev–Trinajstić information content (AvgIpc) is 2.78. The van der Waals surface area contributed by atoms with Gasteiger partial charge in [-0.05, 0) is 66.6 Å². The van der Waals surface area contributed by atoms with E-state index >= 15 is 0 Å². The molecule has 32 heavy (non-hydrogen) atoms. The maximum absolute atomic E-state index is 3.85. The first-order chi connectivity index (χ1) is 15.4. The van der Waals surface area contributed by atoms with Crippen LogP contribution in [0.15, 0.2) is 66.7 Å². The maximum atomic E-state index is 3.85. The summed E-state index contributed by atoms with van der Waals surface area (Å²) in [5.41, 5.74) is 9.70. The summed E-state index contributed by atoms with van der Waals surface area (Å²) in [7, 11) is 0. The number of anilines is 3. The Labute approximate surface area is 193 Å². The first-order valence-electron chi connectivity index (χ1n) is 11.9. The van der Waals surface area contributed by atoms with Gasteiger partial charge in [0.25, 0.3) is 0 Å². The largest absolute Gasteiger partial charge is 0.377 e.